The van der Waals surface area contributed by atoms with Crippen LogP contribution in [0.2, 0.25) is 0 Å². The molecule has 4 atom stereocenters. The summed E-state index contributed by atoms with van der Waals surface area (Å²) in [7, 11) is 0. The fourth-order valence-electron chi connectivity index (χ4n) is 4.79. The highest BCUT2D eigenvalue weighted by atomic mass is 15.1. The third-order valence-corrected chi connectivity index (χ3v) is 5.76. The highest BCUT2D eigenvalue weighted by Gasteiger charge is 2.42. The van der Waals surface area contributed by atoms with Gasteiger partial charge in [0.2, 0.25) is 0 Å². The molecular weight excluding hydrogens is 242 g/mol. The van der Waals surface area contributed by atoms with Crippen LogP contribution in [0.4, 0.5) is 0 Å². The number of fused-ring (bicyclic) bond motifs is 3. The maximum atomic E-state index is 4.55. The molecule has 2 bridgehead atoms. The van der Waals surface area contributed by atoms with Gasteiger partial charge in [0.1, 0.15) is 0 Å². The number of nitrogens with zero attached hydrogens (tertiary/aromatic N) is 1. The highest BCUT2D eigenvalue weighted by molar-refractivity contribution is 5.20. The van der Waals surface area contributed by atoms with Gasteiger partial charge in [0, 0.05) is 24.7 Å². The molecule has 1 aliphatic heterocycles. The average Bonchev–Trinajstić information content (AvgIpc) is 2.80. The molecule has 0 aromatic rings. The van der Waals surface area contributed by atoms with Crippen LogP contribution < -0.4 is 0 Å². The molecule has 0 spiro atoms. The number of likely N-dealkylation sites (tertiary alicyclic amines) is 1. The van der Waals surface area contributed by atoms with Crippen LogP contribution in [-0.2, 0) is 0 Å². The summed E-state index contributed by atoms with van der Waals surface area (Å²) in [6, 6.07) is 0. The molecule has 4 rings (SSSR count). The molecule has 1 nitrogen and oxygen atoms in total. The van der Waals surface area contributed by atoms with Crippen LogP contribution in [-0.4, -0.2) is 18.0 Å². The molecule has 1 heterocycles. The summed E-state index contributed by atoms with van der Waals surface area (Å²) in [6.45, 7) is 13.6. The minimum absolute atomic E-state index is 0.614. The second kappa shape index (κ2) is 5.79. The Morgan fingerprint density at radius 2 is 1.80 bits per heavy atom. The molecule has 2 fully saturated rings. The van der Waals surface area contributed by atoms with Gasteiger partial charge >= 0.3 is 0 Å². The molecule has 4 unspecified atom stereocenters. The molecule has 0 aromatic carbocycles. The van der Waals surface area contributed by atoms with E-state index in [2.05, 4.69) is 37.1 Å². The third kappa shape index (κ3) is 2.47. The first-order chi connectivity index (χ1) is 9.68. The lowest BCUT2D eigenvalue weighted by atomic mass is 9.64. The summed E-state index contributed by atoms with van der Waals surface area (Å²) in [5.74, 6) is 2.76. The molecule has 20 heavy (non-hydrogen) atoms. The summed E-state index contributed by atoms with van der Waals surface area (Å²) in [6.07, 6.45) is 13.0. The van der Waals surface area contributed by atoms with Gasteiger partial charge in [-0.05, 0) is 63.2 Å². The molecule has 0 amide bonds. The Labute approximate surface area is 124 Å². The number of hydrogen-bond acceptors (Lipinski definition) is 1. The van der Waals surface area contributed by atoms with Gasteiger partial charge in [0.25, 0.3) is 0 Å². The maximum absolute atomic E-state index is 4.55. The normalized spacial score (nSPS) is 36.8. The third-order valence-electron chi connectivity index (χ3n) is 5.76. The molecule has 1 heteroatoms. The first-order valence-corrected chi connectivity index (χ1v) is 8.44. The maximum Gasteiger partial charge on any atom is 0.0174 e. The van der Waals surface area contributed by atoms with E-state index in [1.54, 1.807) is 0 Å². The van der Waals surface area contributed by atoms with Crippen LogP contribution in [0.5, 0.6) is 0 Å². The number of rotatable bonds is 3. The van der Waals surface area contributed by atoms with E-state index in [4.69, 9.17) is 0 Å². The van der Waals surface area contributed by atoms with E-state index in [1.165, 1.54) is 62.9 Å². The Morgan fingerprint density at radius 1 is 1.05 bits per heavy atom. The van der Waals surface area contributed by atoms with E-state index in [9.17, 15) is 0 Å². The molecule has 0 aromatic heterocycles. The van der Waals surface area contributed by atoms with Crippen molar-refractivity contribution in [2.75, 3.05) is 13.1 Å². The van der Waals surface area contributed by atoms with Gasteiger partial charge in [-0.3, -0.25) is 0 Å². The Bertz CT molecular complexity index is 413. The predicted molar refractivity (Wildman–Crippen MR) is 86.3 cm³/mol. The zero-order chi connectivity index (χ0) is 14.1. The Hall–Kier alpha value is -0.980. The molecule has 110 valence electrons. The van der Waals surface area contributed by atoms with Gasteiger partial charge in [0.15, 0.2) is 0 Å². The van der Waals surface area contributed by atoms with Crippen molar-refractivity contribution < 1.29 is 0 Å². The number of hydrogen-bond donors (Lipinski definition) is 0. The van der Waals surface area contributed by atoms with Crippen LogP contribution in [0.25, 0.3) is 0 Å². The highest BCUT2D eigenvalue weighted by Crippen LogP contribution is 2.50. The smallest absolute Gasteiger partial charge is 0.0174 e. The molecule has 0 N–H and O–H groups in total. The lowest BCUT2D eigenvalue weighted by Gasteiger charge is -2.45. The lowest BCUT2D eigenvalue weighted by molar-refractivity contribution is 0.136. The van der Waals surface area contributed by atoms with Crippen molar-refractivity contribution in [3.63, 3.8) is 0 Å². The summed E-state index contributed by atoms with van der Waals surface area (Å²) in [5, 5.41) is 0. The van der Waals surface area contributed by atoms with E-state index in [-0.39, 0.29) is 0 Å². The Morgan fingerprint density at radius 3 is 2.50 bits per heavy atom. The summed E-state index contributed by atoms with van der Waals surface area (Å²) < 4.78 is 0. The van der Waals surface area contributed by atoms with Gasteiger partial charge in [-0.15, -0.1) is 0 Å². The average molecular weight is 271 g/mol. The van der Waals surface area contributed by atoms with Gasteiger partial charge in [-0.2, -0.15) is 0 Å². The van der Waals surface area contributed by atoms with Crippen molar-refractivity contribution in [2.45, 2.75) is 45.4 Å². The molecular formula is C19H29N. The van der Waals surface area contributed by atoms with Gasteiger partial charge < -0.3 is 4.90 Å². The largest absolute Gasteiger partial charge is 0.375 e. The van der Waals surface area contributed by atoms with Crippen LogP contribution in [0.15, 0.2) is 36.6 Å². The summed E-state index contributed by atoms with van der Waals surface area (Å²) in [4.78, 5) is 2.58. The SMILES string of the molecule is C=C(C)C1C2CC=CC(CC2)C1C(=C)N1CCCCC1. The zero-order valence-corrected chi connectivity index (χ0v) is 13.0. The van der Waals surface area contributed by atoms with Gasteiger partial charge in [0.05, 0.1) is 0 Å². The van der Waals surface area contributed by atoms with Crippen molar-refractivity contribution >= 4 is 0 Å². The minimum Gasteiger partial charge on any atom is -0.375 e. The second-order valence-corrected chi connectivity index (χ2v) is 7.10. The first kappa shape index (κ1) is 14.0. The number of allylic oxidation sites excluding steroid dienone is 4. The second-order valence-electron chi connectivity index (χ2n) is 7.10. The van der Waals surface area contributed by atoms with Crippen LogP contribution in [0, 0.1) is 23.7 Å². The molecule has 1 saturated heterocycles. The topological polar surface area (TPSA) is 3.24 Å². The first-order valence-electron chi connectivity index (χ1n) is 8.44. The fourth-order valence-corrected chi connectivity index (χ4v) is 4.79. The lowest BCUT2D eigenvalue weighted by Crippen LogP contribution is -2.41. The fraction of sp³-hybridized carbons (Fsp3) is 0.684. The quantitative estimate of drug-likeness (QED) is 0.668. The van der Waals surface area contributed by atoms with Crippen molar-refractivity contribution in [3.05, 3.63) is 36.6 Å². The van der Waals surface area contributed by atoms with Gasteiger partial charge in [-0.1, -0.05) is 30.9 Å². The Balaban J connectivity index is 1.85. The zero-order valence-electron chi connectivity index (χ0n) is 13.0. The van der Waals surface area contributed by atoms with Crippen molar-refractivity contribution in [1.29, 1.82) is 0 Å². The predicted octanol–water partition coefficient (Wildman–Crippen LogP) is 4.78. The summed E-state index contributed by atoms with van der Waals surface area (Å²) in [5.41, 5.74) is 2.80. The molecule has 3 aliphatic carbocycles. The van der Waals surface area contributed by atoms with Crippen molar-refractivity contribution in [2.24, 2.45) is 23.7 Å². The number of piperidine rings is 1. The van der Waals surface area contributed by atoms with E-state index >= 15 is 0 Å². The van der Waals surface area contributed by atoms with E-state index < -0.39 is 0 Å². The van der Waals surface area contributed by atoms with Crippen molar-refractivity contribution in [3.8, 4) is 0 Å². The van der Waals surface area contributed by atoms with Crippen molar-refractivity contribution in [1.82, 2.24) is 4.90 Å². The van der Waals surface area contributed by atoms with Crippen LogP contribution in [0.1, 0.15) is 45.4 Å². The molecule has 0 radical (unpaired) electrons. The monoisotopic (exact) mass is 271 g/mol. The standard InChI is InChI=1S/C19H29N/c1-14(2)18-16-8-7-9-17(11-10-16)19(18)15(3)20-12-5-4-6-13-20/h7,9,16-19H,1,3-6,8,10-13H2,2H3. The van der Waals surface area contributed by atoms with Crippen LogP contribution in [0.3, 0.4) is 0 Å². The summed E-state index contributed by atoms with van der Waals surface area (Å²) >= 11 is 0. The molecule has 1 saturated carbocycles. The minimum atomic E-state index is 0.614. The Kier molecular flexibility index (Phi) is 4.05. The van der Waals surface area contributed by atoms with E-state index in [0.29, 0.717) is 17.8 Å². The van der Waals surface area contributed by atoms with E-state index in [1.807, 2.05) is 0 Å². The van der Waals surface area contributed by atoms with Gasteiger partial charge in [-0.25, -0.2) is 0 Å². The van der Waals surface area contributed by atoms with Crippen LogP contribution >= 0.6 is 0 Å². The molecule has 4 aliphatic rings. The van der Waals surface area contributed by atoms with E-state index in [0.717, 1.165) is 5.92 Å².